The summed E-state index contributed by atoms with van der Waals surface area (Å²) in [5.74, 6) is -0.150. The van der Waals surface area contributed by atoms with Crippen LogP contribution >= 0.6 is 15.9 Å². The second kappa shape index (κ2) is 7.92. The highest BCUT2D eigenvalue weighted by Gasteiger charge is 2.10. The molecule has 1 atom stereocenters. The Hall–Kier alpha value is -2.14. The van der Waals surface area contributed by atoms with Crippen molar-refractivity contribution in [2.24, 2.45) is 0 Å². The van der Waals surface area contributed by atoms with E-state index in [9.17, 15) is 9.59 Å². The monoisotopic (exact) mass is 374 g/mol. The van der Waals surface area contributed by atoms with Crippen molar-refractivity contribution < 1.29 is 9.59 Å². The molecule has 0 heterocycles. The molecule has 0 saturated carbocycles. The summed E-state index contributed by atoms with van der Waals surface area (Å²) in [4.78, 5) is 23.1. The van der Waals surface area contributed by atoms with Crippen LogP contribution in [0.1, 0.15) is 31.0 Å². The van der Waals surface area contributed by atoms with Crippen LogP contribution in [0.4, 0.5) is 5.69 Å². The number of hydrogen-bond acceptors (Lipinski definition) is 2. The molecular weight excluding hydrogens is 356 g/mol. The lowest BCUT2D eigenvalue weighted by atomic mass is 10.1. The normalized spacial score (nSPS) is 11.6. The van der Waals surface area contributed by atoms with Crippen molar-refractivity contribution in [1.82, 2.24) is 5.32 Å². The number of halogens is 1. The first-order valence-electron chi connectivity index (χ1n) is 7.35. The van der Waals surface area contributed by atoms with Crippen LogP contribution in [0, 0.1) is 0 Å². The van der Waals surface area contributed by atoms with E-state index in [0.717, 1.165) is 21.3 Å². The zero-order valence-corrected chi connectivity index (χ0v) is 14.7. The Balaban J connectivity index is 1.92. The van der Waals surface area contributed by atoms with Gasteiger partial charge in [0.1, 0.15) is 0 Å². The second-order valence-electron chi connectivity index (χ2n) is 5.40. The third kappa shape index (κ3) is 5.53. The van der Waals surface area contributed by atoms with E-state index >= 15 is 0 Å². The number of carbonyl (C=O) groups is 2. The lowest BCUT2D eigenvalue weighted by Crippen LogP contribution is -2.28. The van der Waals surface area contributed by atoms with Gasteiger partial charge in [-0.15, -0.1) is 0 Å². The van der Waals surface area contributed by atoms with Gasteiger partial charge in [0.2, 0.25) is 11.8 Å². The molecule has 0 aromatic heterocycles. The van der Waals surface area contributed by atoms with Crippen molar-refractivity contribution in [3.8, 4) is 0 Å². The van der Waals surface area contributed by atoms with Gasteiger partial charge in [0.15, 0.2) is 0 Å². The summed E-state index contributed by atoms with van der Waals surface area (Å²) < 4.78 is 0.990. The number of hydrogen-bond donors (Lipinski definition) is 2. The molecule has 5 heteroatoms. The highest BCUT2D eigenvalue weighted by Crippen LogP contribution is 2.18. The van der Waals surface area contributed by atoms with Gasteiger partial charge >= 0.3 is 0 Å². The van der Waals surface area contributed by atoms with Gasteiger partial charge in [0.05, 0.1) is 12.5 Å². The van der Waals surface area contributed by atoms with Crippen molar-refractivity contribution in [2.75, 3.05) is 5.32 Å². The second-order valence-corrected chi connectivity index (χ2v) is 6.31. The van der Waals surface area contributed by atoms with Crippen LogP contribution in [0.3, 0.4) is 0 Å². The van der Waals surface area contributed by atoms with Crippen molar-refractivity contribution in [2.45, 2.75) is 26.3 Å². The summed E-state index contributed by atoms with van der Waals surface area (Å²) in [5, 5.41) is 5.69. The molecule has 0 radical (unpaired) electrons. The highest BCUT2D eigenvalue weighted by atomic mass is 79.9. The predicted octanol–water partition coefficient (Wildman–Crippen LogP) is 3.83. The zero-order valence-electron chi connectivity index (χ0n) is 13.1. The van der Waals surface area contributed by atoms with Crippen molar-refractivity contribution in [3.63, 3.8) is 0 Å². The summed E-state index contributed by atoms with van der Waals surface area (Å²) in [5.41, 5.74) is 2.68. The summed E-state index contributed by atoms with van der Waals surface area (Å²) in [6.07, 6.45) is 0.304. The molecule has 0 aliphatic carbocycles. The molecule has 4 nitrogen and oxygen atoms in total. The van der Waals surface area contributed by atoms with Crippen LogP contribution < -0.4 is 10.6 Å². The topological polar surface area (TPSA) is 58.2 Å². The third-order valence-electron chi connectivity index (χ3n) is 3.37. The lowest BCUT2D eigenvalue weighted by molar-refractivity contribution is -0.121. The van der Waals surface area contributed by atoms with Crippen LogP contribution in [0.5, 0.6) is 0 Å². The molecule has 2 amide bonds. The highest BCUT2D eigenvalue weighted by molar-refractivity contribution is 9.10. The van der Waals surface area contributed by atoms with E-state index in [1.165, 1.54) is 6.92 Å². The van der Waals surface area contributed by atoms with Gasteiger partial charge in [-0.3, -0.25) is 9.59 Å². The molecular formula is C18H19BrN2O2. The standard InChI is InChI=1S/C18H19BrN2O2/c1-12(15-4-3-5-16(19)11-15)20-18(23)10-14-6-8-17(9-7-14)21-13(2)22/h3-9,11-12H,10H2,1-2H3,(H,20,23)(H,21,22). The molecule has 2 rings (SSSR count). The van der Waals surface area contributed by atoms with Gasteiger partial charge in [0, 0.05) is 17.1 Å². The summed E-state index contributed by atoms with van der Waals surface area (Å²) in [6, 6.07) is 15.1. The summed E-state index contributed by atoms with van der Waals surface area (Å²) >= 11 is 3.43. The van der Waals surface area contributed by atoms with E-state index in [4.69, 9.17) is 0 Å². The molecule has 2 aromatic carbocycles. The Morgan fingerprint density at radius 2 is 1.83 bits per heavy atom. The minimum atomic E-state index is -0.113. The van der Waals surface area contributed by atoms with Gasteiger partial charge in [-0.1, -0.05) is 40.2 Å². The first-order valence-corrected chi connectivity index (χ1v) is 8.14. The van der Waals surface area contributed by atoms with E-state index in [2.05, 4.69) is 26.6 Å². The number of nitrogens with one attached hydrogen (secondary N) is 2. The molecule has 0 saturated heterocycles. The average Bonchev–Trinajstić information content (AvgIpc) is 2.48. The molecule has 120 valence electrons. The minimum Gasteiger partial charge on any atom is -0.349 e. The number of anilines is 1. The van der Waals surface area contributed by atoms with Gasteiger partial charge in [-0.05, 0) is 42.3 Å². The fourth-order valence-corrected chi connectivity index (χ4v) is 2.66. The van der Waals surface area contributed by atoms with Crippen LogP contribution in [-0.4, -0.2) is 11.8 Å². The molecule has 0 aliphatic rings. The molecule has 0 bridgehead atoms. The largest absolute Gasteiger partial charge is 0.349 e. The third-order valence-corrected chi connectivity index (χ3v) is 3.86. The number of amides is 2. The Morgan fingerprint density at radius 1 is 1.13 bits per heavy atom. The van der Waals surface area contributed by atoms with Gasteiger partial charge in [-0.25, -0.2) is 0 Å². The SMILES string of the molecule is CC(=O)Nc1ccc(CC(=O)NC(C)c2cccc(Br)c2)cc1. The van der Waals surface area contributed by atoms with Gasteiger partial charge in [-0.2, -0.15) is 0 Å². The van der Waals surface area contributed by atoms with E-state index in [-0.39, 0.29) is 17.9 Å². The fourth-order valence-electron chi connectivity index (χ4n) is 2.25. The smallest absolute Gasteiger partial charge is 0.224 e. The van der Waals surface area contributed by atoms with Crippen LogP contribution in [0.25, 0.3) is 0 Å². The minimum absolute atomic E-state index is 0.0373. The first-order chi connectivity index (χ1) is 10.9. The number of rotatable bonds is 5. The zero-order chi connectivity index (χ0) is 16.8. The van der Waals surface area contributed by atoms with Crippen LogP contribution in [0.2, 0.25) is 0 Å². The molecule has 0 fully saturated rings. The van der Waals surface area contributed by atoms with Crippen molar-refractivity contribution in [3.05, 3.63) is 64.1 Å². The van der Waals surface area contributed by atoms with E-state index in [1.54, 1.807) is 12.1 Å². The molecule has 1 unspecified atom stereocenters. The maximum absolute atomic E-state index is 12.2. The quantitative estimate of drug-likeness (QED) is 0.835. The first kappa shape index (κ1) is 17.2. The maximum Gasteiger partial charge on any atom is 0.224 e. The molecule has 2 aromatic rings. The molecule has 23 heavy (non-hydrogen) atoms. The van der Waals surface area contributed by atoms with E-state index < -0.39 is 0 Å². The Morgan fingerprint density at radius 3 is 2.43 bits per heavy atom. The van der Waals surface area contributed by atoms with Gasteiger partial charge < -0.3 is 10.6 Å². The van der Waals surface area contributed by atoms with Gasteiger partial charge in [0.25, 0.3) is 0 Å². The van der Waals surface area contributed by atoms with Crippen molar-refractivity contribution >= 4 is 33.4 Å². The predicted molar refractivity (Wildman–Crippen MR) is 95.1 cm³/mol. The Bertz CT molecular complexity index is 698. The maximum atomic E-state index is 12.2. The van der Waals surface area contributed by atoms with Crippen molar-refractivity contribution in [1.29, 1.82) is 0 Å². The molecule has 0 aliphatic heterocycles. The van der Waals surface area contributed by atoms with E-state index in [0.29, 0.717) is 6.42 Å². The fraction of sp³-hybridized carbons (Fsp3) is 0.222. The van der Waals surface area contributed by atoms with Crippen LogP contribution in [-0.2, 0) is 16.0 Å². The lowest BCUT2D eigenvalue weighted by Gasteiger charge is -2.15. The molecule has 0 spiro atoms. The van der Waals surface area contributed by atoms with E-state index in [1.807, 2.05) is 43.3 Å². The Kier molecular flexibility index (Phi) is 5.93. The summed E-state index contributed by atoms with van der Waals surface area (Å²) in [6.45, 7) is 3.42. The number of benzene rings is 2. The summed E-state index contributed by atoms with van der Waals surface area (Å²) in [7, 11) is 0. The molecule has 2 N–H and O–H groups in total. The Labute approximate surface area is 144 Å². The average molecular weight is 375 g/mol. The number of carbonyl (C=O) groups excluding carboxylic acids is 2. The van der Waals surface area contributed by atoms with Crippen LogP contribution in [0.15, 0.2) is 53.0 Å².